The molecule has 0 radical (unpaired) electrons. The zero-order valence-electron chi connectivity index (χ0n) is 68.5. The molecule has 0 fully saturated rings. The Hall–Kier alpha value is -5.11. The summed E-state index contributed by atoms with van der Waals surface area (Å²) in [5.41, 5.74) is 13.5. The number of aryl methyl sites for hydroxylation is 3. The van der Waals surface area contributed by atoms with E-state index in [1.54, 1.807) is 84.9 Å². The number of halogens is 9. The van der Waals surface area contributed by atoms with Gasteiger partial charge in [0.05, 0.1) is 38.7 Å². The second kappa shape index (κ2) is 46.9. The normalized spacial score (nSPS) is 11.7. The van der Waals surface area contributed by atoms with Crippen molar-refractivity contribution in [3.63, 3.8) is 0 Å². The van der Waals surface area contributed by atoms with Gasteiger partial charge in [-0.05, 0) is 185 Å². The molecule has 0 aromatic heterocycles. The van der Waals surface area contributed by atoms with E-state index in [2.05, 4.69) is 41.5 Å². The van der Waals surface area contributed by atoms with Gasteiger partial charge in [0, 0.05) is 55.5 Å². The first-order chi connectivity index (χ1) is 49.3. The lowest BCUT2D eigenvalue weighted by Crippen LogP contribution is -2.20. The van der Waals surface area contributed by atoms with Crippen LogP contribution in [0.15, 0.2) is 132 Å². The minimum Gasteiger partial charge on any atom is -0.399 e. The number of anilines is 1. The van der Waals surface area contributed by atoms with Gasteiger partial charge >= 0.3 is 6.18 Å². The fourth-order valence-electron chi connectivity index (χ4n) is 9.09. The Morgan fingerprint density at radius 2 is 0.734 bits per heavy atom. The van der Waals surface area contributed by atoms with Gasteiger partial charge in [-0.15, -0.1) is 0 Å². The van der Waals surface area contributed by atoms with Crippen molar-refractivity contribution >= 4 is 119 Å². The van der Waals surface area contributed by atoms with Gasteiger partial charge in [0.15, 0.2) is 39.3 Å². The summed E-state index contributed by atoms with van der Waals surface area (Å²) in [6, 6.07) is 35.0. The molecule has 616 valence electrons. The number of alkyl halides is 3. The molecule has 0 aliphatic heterocycles. The minimum atomic E-state index is -4.49. The molecule has 4 N–H and O–H groups in total. The molecule has 13 nitrogen and oxygen atoms in total. The maximum absolute atomic E-state index is 13.6. The molecule has 0 unspecified atom stereocenters. The van der Waals surface area contributed by atoms with Crippen molar-refractivity contribution in [2.75, 3.05) is 24.0 Å². The maximum atomic E-state index is 13.6. The van der Waals surface area contributed by atoms with Crippen LogP contribution in [0, 0.1) is 26.6 Å². The summed E-state index contributed by atoms with van der Waals surface area (Å²) in [7, 11) is -16.2. The van der Waals surface area contributed by atoms with Gasteiger partial charge in [0.1, 0.15) is 11.6 Å². The fraction of sp³-hybridized carbons (Fsp3) is 0.476. The van der Waals surface area contributed by atoms with E-state index in [4.69, 9.17) is 68.9 Å². The topological polar surface area (TPSA) is 240 Å². The van der Waals surface area contributed by atoms with Gasteiger partial charge in [0.25, 0.3) is 0 Å². The van der Waals surface area contributed by atoms with E-state index in [0.717, 1.165) is 78.5 Å². The monoisotopic (exact) mass is 1720 g/mol. The molecule has 0 aliphatic rings. The lowest BCUT2D eigenvalue weighted by atomic mass is 9.83. The van der Waals surface area contributed by atoms with Crippen LogP contribution in [0.5, 0.6) is 0 Å². The number of carbonyl (C=O) groups excluding carboxylic acids is 1. The van der Waals surface area contributed by atoms with Crippen molar-refractivity contribution in [1.29, 1.82) is 0 Å². The second-order valence-electron chi connectivity index (χ2n) is 29.4. The van der Waals surface area contributed by atoms with E-state index in [-0.39, 0.29) is 72.1 Å². The third kappa shape index (κ3) is 43.7. The van der Waals surface area contributed by atoms with Crippen LogP contribution in [0.25, 0.3) is 0 Å². The summed E-state index contributed by atoms with van der Waals surface area (Å²) in [5, 5.41) is 7.89. The number of ketones is 1. The predicted molar refractivity (Wildman–Crippen MR) is 456 cm³/mol. The predicted octanol–water partition coefficient (Wildman–Crippen LogP) is 23.1. The highest BCUT2D eigenvalue weighted by atomic mass is 35.5. The summed E-state index contributed by atoms with van der Waals surface area (Å²) in [6.07, 6.45) is -1.81. The van der Waals surface area contributed by atoms with Gasteiger partial charge in [-0.3, -0.25) is 4.79 Å². The number of nitrogens with two attached hydrogens (primary N) is 2. The molecule has 0 spiro atoms. The molecule has 0 saturated carbocycles. The molecule has 0 aliphatic carbocycles. The van der Waals surface area contributed by atoms with E-state index in [9.17, 15) is 64.4 Å². The lowest BCUT2D eigenvalue weighted by Gasteiger charge is -2.24. The maximum Gasteiger partial charge on any atom is 0.416 e. The minimum absolute atomic E-state index is 0.0271. The van der Waals surface area contributed by atoms with E-state index >= 15 is 0 Å². The number of nitrogen functional groups attached to an aromatic ring is 1. The van der Waals surface area contributed by atoms with Crippen LogP contribution in [0.4, 0.5) is 23.2 Å². The van der Waals surface area contributed by atoms with Crippen molar-refractivity contribution in [3.05, 3.63) is 231 Å². The average Bonchev–Trinajstić information content (AvgIpc) is 0.803. The average molecular weight is 1720 g/mol. The van der Waals surface area contributed by atoms with E-state index in [0.29, 0.717) is 32.7 Å². The van der Waals surface area contributed by atoms with E-state index in [1.165, 1.54) is 30.5 Å². The molecule has 109 heavy (non-hydrogen) atoms. The van der Waals surface area contributed by atoms with Crippen LogP contribution in [0.1, 0.15) is 225 Å². The SMILES string of the molecule is CC.CC.CC.CC(=O)Cc1ccc(C(C)(C)C)c(Cl)c1.CC(C)(C)c1ccc(CS(C)(=O)=O)cc1C(F)(F)F.CC(C)(C)c1ccc(CS(C)(=O)=O)cc1Cl.CC(C)(C)c1ccc(S(N)(=O)=O)cc1F.CCS(=O)(=O)Cc1ccc(C)c(Cl)c1.Cc1ccc(CS(=O)(=O)C(C)C)cc1Cl.Cc1ccc(N)cc1Cl. The smallest absolute Gasteiger partial charge is 0.399 e. The Labute approximate surface area is 678 Å². The third-order valence-corrected chi connectivity index (χ3v) is 23.1. The highest BCUT2D eigenvalue weighted by molar-refractivity contribution is 7.91. The summed E-state index contributed by atoms with van der Waals surface area (Å²) in [4.78, 5) is 10.8. The molecule has 0 bridgehead atoms. The lowest BCUT2D eigenvalue weighted by molar-refractivity contribution is -0.138. The molecule has 27 heteroatoms. The molecule has 7 aromatic rings. The molecule has 0 atom stereocenters. The second-order valence-corrected chi connectivity index (χ2v) is 42.2. The molecular weight excluding hydrogens is 1600 g/mol. The number of Topliss-reactive ketones (excluding diaryl/α,β-unsaturated/α-hetero) is 1. The number of hydrogen-bond donors (Lipinski definition) is 2. The van der Waals surface area contributed by atoms with Crippen LogP contribution >= 0.6 is 58.0 Å². The number of carbonyl (C=O) groups is 1. The standard InChI is InChI=1S/C13H17ClO.C13H17F3O2S.C12H17ClO2S.C11H15ClO2S.C10H13ClO2S.C10H14FNO2S.C7H8ClN.3C2H6/c1-9(15)7-10-5-6-11(12(14)8-10)13(2,3)4;1-12(2,3)10-6-5-9(8-19(4,17)18)7-11(10)13(14,15)16;1-12(2,3)10-6-5-9(7-11(10)13)8-16(4,14)15;1-8(2)15(13,14)7-10-5-4-9(3)11(12)6-10;1-3-14(12,13)7-9-5-4-8(2)10(11)6-9;1-10(2,3)8-5-4-7(6-9(8)11)15(12,13)14;1-5-2-3-6(9)4-7(5)8;3*1-2/h5-6,8H,7H2,1-4H3;5-7H,8H2,1-4H3;5-7H,8H2,1-4H3;4-6,8H,7H2,1-3H3;4-6H,3,7H2,1-2H3;4-6H,1-3H3,(H2,12,13,14);2-4H,9H2,1H3;3*1-2H3. The van der Waals surface area contributed by atoms with Gasteiger partial charge in [-0.1, -0.05) is 262 Å². The van der Waals surface area contributed by atoms with Crippen molar-refractivity contribution in [3.8, 4) is 0 Å². The first kappa shape index (κ1) is 108. The number of primary sulfonamides is 1. The molecule has 7 aromatic carbocycles. The van der Waals surface area contributed by atoms with Crippen molar-refractivity contribution in [2.24, 2.45) is 5.14 Å². The first-order valence-electron chi connectivity index (χ1n) is 35.2. The van der Waals surface area contributed by atoms with Crippen LogP contribution in [-0.4, -0.2) is 71.4 Å². The molecular formula is C82H119Cl5F4N2O11S5. The molecule has 0 heterocycles. The van der Waals surface area contributed by atoms with Crippen LogP contribution < -0.4 is 10.9 Å². The van der Waals surface area contributed by atoms with Crippen LogP contribution in [-0.2, 0) is 111 Å². The Bertz CT molecular complexity index is 4640. The zero-order valence-corrected chi connectivity index (χ0v) is 76.4. The Kier molecular flexibility index (Phi) is 46.5. The zero-order chi connectivity index (χ0) is 86.4. The van der Waals surface area contributed by atoms with Gasteiger partial charge in [-0.2, -0.15) is 13.2 Å². The number of benzene rings is 7. The van der Waals surface area contributed by atoms with Gasteiger partial charge in [0.2, 0.25) is 10.0 Å². The summed E-state index contributed by atoms with van der Waals surface area (Å²) in [5.74, 6) is -0.437. The number of rotatable bonds is 13. The Balaban J connectivity index is -0.00000119. The summed E-state index contributed by atoms with van der Waals surface area (Å²) < 4.78 is 165. The quantitative estimate of drug-likeness (QED) is 0.0809. The van der Waals surface area contributed by atoms with Gasteiger partial charge in [-0.25, -0.2) is 51.6 Å². The Morgan fingerprint density at radius 1 is 0.422 bits per heavy atom. The summed E-state index contributed by atoms with van der Waals surface area (Å²) >= 11 is 29.9. The van der Waals surface area contributed by atoms with Crippen LogP contribution in [0.2, 0.25) is 25.1 Å². The van der Waals surface area contributed by atoms with Gasteiger partial charge < -0.3 is 5.73 Å². The number of sulfone groups is 4. The van der Waals surface area contributed by atoms with E-state index < -0.39 is 72.3 Å². The largest absolute Gasteiger partial charge is 0.416 e. The fourth-order valence-corrected chi connectivity index (χ4v) is 14.6. The van der Waals surface area contributed by atoms with Crippen LogP contribution in [0.3, 0.4) is 0 Å². The highest BCUT2D eigenvalue weighted by Crippen LogP contribution is 2.39. The first-order valence-corrected chi connectivity index (χ1v) is 46.3. The highest BCUT2D eigenvalue weighted by Gasteiger charge is 2.37. The van der Waals surface area contributed by atoms with Crippen molar-refractivity contribution in [1.82, 2.24) is 0 Å². The van der Waals surface area contributed by atoms with Crippen molar-refractivity contribution in [2.45, 2.75) is 241 Å². The number of sulfonamides is 1. The van der Waals surface area contributed by atoms with Crippen molar-refractivity contribution < 1.29 is 64.4 Å². The number of hydrogen-bond acceptors (Lipinski definition) is 12. The molecule has 0 saturated heterocycles. The molecule has 0 amide bonds. The Morgan fingerprint density at radius 3 is 1.04 bits per heavy atom. The molecule has 7 rings (SSSR count). The van der Waals surface area contributed by atoms with E-state index in [1.807, 2.05) is 138 Å². The third-order valence-electron chi connectivity index (χ3n) is 14.8. The summed E-state index contributed by atoms with van der Waals surface area (Å²) in [6.45, 7) is 47.5.